The van der Waals surface area contributed by atoms with Crippen molar-refractivity contribution in [2.24, 2.45) is 0 Å². The van der Waals surface area contributed by atoms with E-state index in [4.69, 9.17) is 20.8 Å². The molecule has 1 heterocycles. The molecule has 0 aliphatic heterocycles. The van der Waals surface area contributed by atoms with E-state index in [1.807, 2.05) is 48.5 Å². The molecule has 0 radical (unpaired) electrons. The summed E-state index contributed by atoms with van der Waals surface area (Å²) in [6.07, 6.45) is 0. The molecule has 0 saturated carbocycles. The number of benzene rings is 2. The SMILES string of the molecule is COc1ccc(-c2nc(S)oc2-c2ccccc2Cl)cc1. The number of aromatic nitrogens is 1. The molecule has 0 N–H and O–H groups in total. The fourth-order valence-corrected chi connectivity index (χ4v) is 2.49. The lowest BCUT2D eigenvalue weighted by atomic mass is 10.1. The van der Waals surface area contributed by atoms with Gasteiger partial charge in [0.1, 0.15) is 11.4 Å². The molecule has 0 saturated heterocycles. The molecule has 3 aromatic rings. The van der Waals surface area contributed by atoms with Crippen LogP contribution in [-0.4, -0.2) is 12.1 Å². The smallest absolute Gasteiger partial charge is 0.253 e. The van der Waals surface area contributed by atoms with Crippen LogP contribution in [0.4, 0.5) is 0 Å². The van der Waals surface area contributed by atoms with Crippen LogP contribution in [0.5, 0.6) is 5.75 Å². The van der Waals surface area contributed by atoms with Gasteiger partial charge in [-0.1, -0.05) is 36.4 Å². The van der Waals surface area contributed by atoms with Gasteiger partial charge in [0.25, 0.3) is 5.22 Å². The molecule has 0 aliphatic carbocycles. The number of hydrogen-bond acceptors (Lipinski definition) is 4. The van der Waals surface area contributed by atoms with E-state index in [0.717, 1.165) is 16.9 Å². The van der Waals surface area contributed by atoms with Crippen LogP contribution in [-0.2, 0) is 0 Å². The third-order valence-electron chi connectivity index (χ3n) is 3.10. The Morgan fingerprint density at radius 2 is 1.81 bits per heavy atom. The molecule has 0 unspecified atom stereocenters. The highest BCUT2D eigenvalue weighted by Crippen LogP contribution is 2.37. The topological polar surface area (TPSA) is 35.3 Å². The Balaban J connectivity index is 2.13. The summed E-state index contributed by atoms with van der Waals surface area (Å²) in [6, 6.07) is 15.1. The number of hydrogen-bond donors (Lipinski definition) is 1. The summed E-state index contributed by atoms with van der Waals surface area (Å²) in [6.45, 7) is 0. The van der Waals surface area contributed by atoms with Crippen molar-refractivity contribution in [1.29, 1.82) is 0 Å². The van der Waals surface area contributed by atoms with E-state index in [1.165, 1.54) is 0 Å². The summed E-state index contributed by atoms with van der Waals surface area (Å²) in [4.78, 5) is 4.35. The lowest BCUT2D eigenvalue weighted by molar-refractivity contribution is 0.415. The molecule has 5 heteroatoms. The highest BCUT2D eigenvalue weighted by Gasteiger charge is 2.17. The van der Waals surface area contributed by atoms with Crippen LogP contribution in [0, 0.1) is 0 Å². The second kappa shape index (κ2) is 5.84. The van der Waals surface area contributed by atoms with E-state index >= 15 is 0 Å². The van der Waals surface area contributed by atoms with Crippen LogP contribution in [0.3, 0.4) is 0 Å². The highest BCUT2D eigenvalue weighted by molar-refractivity contribution is 7.80. The molecule has 0 aliphatic rings. The van der Waals surface area contributed by atoms with Crippen molar-refractivity contribution in [2.45, 2.75) is 5.22 Å². The van der Waals surface area contributed by atoms with Gasteiger partial charge < -0.3 is 9.15 Å². The molecule has 2 aromatic carbocycles. The minimum atomic E-state index is 0.302. The van der Waals surface area contributed by atoms with E-state index in [1.54, 1.807) is 7.11 Å². The third-order valence-corrected chi connectivity index (χ3v) is 3.62. The Morgan fingerprint density at radius 3 is 2.48 bits per heavy atom. The van der Waals surface area contributed by atoms with Crippen LogP contribution in [0.15, 0.2) is 58.2 Å². The number of ether oxygens (including phenoxy) is 1. The van der Waals surface area contributed by atoms with Crippen molar-refractivity contribution in [2.75, 3.05) is 7.11 Å². The summed E-state index contributed by atoms with van der Waals surface area (Å²) in [5.74, 6) is 1.39. The molecule has 3 nitrogen and oxygen atoms in total. The average Bonchev–Trinajstić information content (AvgIpc) is 2.89. The van der Waals surface area contributed by atoms with Gasteiger partial charge in [0.2, 0.25) is 0 Å². The molecule has 0 spiro atoms. The molecular weight excluding hydrogens is 306 g/mol. The largest absolute Gasteiger partial charge is 0.497 e. The minimum Gasteiger partial charge on any atom is -0.497 e. The van der Waals surface area contributed by atoms with Gasteiger partial charge in [0, 0.05) is 11.1 Å². The second-order valence-corrected chi connectivity index (χ2v) is 5.17. The Hall–Kier alpha value is -1.91. The van der Waals surface area contributed by atoms with E-state index in [-0.39, 0.29) is 0 Å². The first kappa shape index (κ1) is 14.0. The van der Waals surface area contributed by atoms with Crippen LogP contribution in [0.25, 0.3) is 22.6 Å². The van der Waals surface area contributed by atoms with Gasteiger partial charge in [-0.25, -0.2) is 4.98 Å². The predicted octanol–water partition coefficient (Wildman–Crippen LogP) is 4.96. The zero-order chi connectivity index (χ0) is 14.8. The maximum Gasteiger partial charge on any atom is 0.253 e. The summed E-state index contributed by atoms with van der Waals surface area (Å²) in [7, 11) is 1.63. The maximum absolute atomic E-state index is 6.24. The summed E-state index contributed by atoms with van der Waals surface area (Å²) in [5.41, 5.74) is 2.41. The maximum atomic E-state index is 6.24. The standard InChI is InChI=1S/C16H12ClNO2S/c1-19-11-8-6-10(7-9-11)14-15(20-16(21)18-14)12-4-2-3-5-13(12)17/h2-9H,1H3,(H,18,21). The number of methoxy groups -OCH3 is 1. The Morgan fingerprint density at radius 1 is 1.10 bits per heavy atom. The van der Waals surface area contributed by atoms with E-state index in [2.05, 4.69) is 17.6 Å². The number of rotatable bonds is 3. The second-order valence-electron chi connectivity index (χ2n) is 4.38. The third kappa shape index (κ3) is 2.77. The lowest BCUT2D eigenvalue weighted by Gasteiger charge is -2.04. The Bertz CT molecular complexity index is 768. The highest BCUT2D eigenvalue weighted by atomic mass is 35.5. The van der Waals surface area contributed by atoms with Crippen molar-refractivity contribution >= 4 is 24.2 Å². The molecule has 0 atom stereocenters. The van der Waals surface area contributed by atoms with Gasteiger partial charge in [-0.05, 0) is 36.4 Å². The van der Waals surface area contributed by atoms with Crippen LogP contribution in [0.1, 0.15) is 0 Å². The molecular formula is C16H12ClNO2S. The minimum absolute atomic E-state index is 0.302. The molecule has 0 amide bonds. The van der Waals surface area contributed by atoms with Gasteiger partial charge in [-0.2, -0.15) is 0 Å². The predicted molar refractivity (Wildman–Crippen MR) is 86.2 cm³/mol. The first-order chi connectivity index (χ1) is 10.2. The van der Waals surface area contributed by atoms with Gasteiger partial charge >= 0.3 is 0 Å². The van der Waals surface area contributed by atoms with Crippen molar-refractivity contribution in [3.63, 3.8) is 0 Å². The molecule has 106 valence electrons. The van der Waals surface area contributed by atoms with Crippen LogP contribution >= 0.6 is 24.2 Å². The van der Waals surface area contributed by atoms with E-state index in [9.17, 15) is 0 Å². The number of nitrogens with zero attached hydrogens (tertiary/aromatic N) is 1. The van der Waals surface area contributed by atoms with Crippen molar-refractivity contribution in [3.05, 3.63) is 53.6 Å². The van der Waals surface area contributed by atoms with Gasteiger partial charge in [0.05, 0.1) is 12.1 Å². The number of halogens is 1. The Kier molecular flexibility index (Phi) is 3.90. The average molecular weight is 318 g/mol. The molecule has 0 fully saturated rings. The van der Waals surface area contributed by atoms with Crippen molar-refractivity contribution < 1.29 is 9.15 Å². The number of thiol groups is 1. The first-order valence-electron chi connectivity index (χ1n) is 6.28. The molecule has 1 aromatic heterocycles. The van der Waals surface area contributed by atoms with Gasteiger partial charge in [-0.15, -0.1) is 0 Å². The normalized spacial score (nSPS) is 10.6. The van der Waals surface area contributed by atoms with Gasteiger partial charge in [-0.3, -0.25) is 0 Å². The Labute approximate surface area is 132 Å². The van der Waals surface area contributed by atoms with Gasteiger partial charge in [0.15, 0.2) is 5.76 Å². The fraction of sp³-hybridized carbons (Fsp3) is 0.0625. The summed E-state index contributed by atoms with van der Waals surface area (Å²) < 4.78 is 10.8. The van der Waals surface area contributed by atoms with Crippen molar-refractivity contribution in [1.82, 2.24) is 4.98 Å². The summed E-state index contributed by atoms with van der Waals surface area (Å²) in [5, 5.41) is 0.910. The van der Waals surface area contributed by atoms with E-state index < -0.39 is 0 Å². The summed E-state index contributed by atoms with van der Waals surface area (Å²) >= 11 is 10.4. The zero-order valence-electron chi connectivity index (χ0n) is 11.2. The number of oxazole rings is 1. The quantitative estimate of drug-likeness (QED) is 0.693. The van der Waals surface area contributed by atoms with E-state index in [0.29, 0.717) is 21.7 Å². The van der Waals surface area contributed by atoms with Crippen molar-refractivity contribution in [3.8, 4) is 28.3 Å². The molecule has 3 rings (SSSR count). The zero-order valence-corrected chi connectivity index (χ0v) is 12.9. The first-order valence-corrected chi connectivity index (χ1v) is 7.10. The van der Waals surface area contributed by atoms with Crippen LogP contribution < -0.4 is 4.74 Å². The molecule has 21 heavy (non-hydrogen) atoms. The fourth-order valence-electron chi connectivity index (χ4n) is 2.08. The lowest BCUT2D eigenvalue weighted by Crippen LogP contribution is -1.85. The van der Waals surface area contributed by atoms with Crippen LogP contribution in [0.2, 0.25) is 5.02 Å². The molecule has 0 bridgehead atoms. The monoisotopic (exact) mass is 317 g/mol.